The molecule has 0 bridgehead atoms. The molecule has 1 aromatic heterocycles. The first-order valence-electron chi connectivity index (χ1n) is 7.95. The number of thioether (sulfide) groups is 1. The maximum Gasteiger partial charge on any atom is 0.266 e. The van der Waals surface area contributed by atoms with Crippen molar-refractivity contribution < 1.29 is 4.79 Å². The molecule has 0 aliphatic carbocycles. The van der Waals surface area contributed by atoms with Crippen molar-refractivity contribution in [2.75, 3.05) is 6.54 Å². The molecular weight excluding hydrogens is 485 g/mol. The average Bonchev–Trinajstić information content (AvgIpc) is 3.02. The Morgan fingerprint density at radius 3 is 2.65 bits per heavy atom. The summed E-state index contributed by atoms with van der Waals surface area (Å²) in [5, 5.41) is 4.22. The van der Waals surface area contributed by atoms with E-state index in [4.69, 9.17) is 11.6 Å². The largest absolute Gasteiger partial charge is 0.355 e. The van der Waals surface area contributed by atoms with E-state index in [0.29, 0.717) is 39.7 Å². The van der Waals surface area contributed by atoms with Crippen molar-refractivity contribution >= 4 is 62.8 Å². The molecule has 1 N–H and O–H groups in total. The molecule has 1 saturated heterocycles. The van der Waals surface area contributed by atoms with Crippen molar-refractivity contribution in [2.45, 2.75) is 16.8 Å². The van der Waals surface area contributed by atoms with Crippen LogP contribution in [0.15, 0.2) is 52.4 Å². The molecular formula is C18H13ClIN3O2S. The Hall–Kier alpha value is -1.58. The fourth-order valence-electron chi connectivity index (χ4n) is 2.85. The third kappa shape index (κ3) is 3.35. The van der Waals surface area contributed by atoms with Gasteiger partial charge < -0.3 is 5.32 Å². The Bertz CT molecular complexity index is 1070. The van der Waals surface area contributed by atoms with Gasteiger partial charge in [0.2, 0.25) is 5.91 Å². The summed E-state index contributed by atoms with van der Waals surface area (Å²) in [5.41, 5.74) is 1.15. The molecule has 3 aromatic rings. The molecule has 0 saturated carbocycles. The number of nitrogens with zero attached hydrogens (tertiary/aromatic N) is 2. The van der Waals surface area contributed by atoms with Crippen LogP contribution in [0.2, 0.25) is 5.02 Å². The van der Waals surface area contributed by atoms with Gasteiger partial charge in [-0.25, -0.2) is 4.98 Å². The highest BCUT2D eigenvalue weighted by Gasteiger charge is 2.27. The van der Waals surface area contributed by atoms with E-state index in [1.807, 2.05) is 18.2 Å². The second kappa shape index (κ2) is 7.21. The summed E-state index contributed by atoms with van der Waals surface area (Å²) in [6.45, 7) is 0.646. The first-order chi connectivity index (χ1) is 12.5. The molecule has 2 heterocycles. The minimum atomic E-state index is -0.248. The highest BCUT2D eigenvalue weighted by atomic mass is 127. The molecule has 132 valence electrons. The Morgan fingerprint density at radius 1 is 1.19 bits per heavy atom. The zero-order valence-electron chi connectivity index (χ0n) is 13.4. The van der Waals surface area contributed by atoms with Crippen molar-refractivity contribution in [3.8, 4) is 5.69 Å². The number of halogens is 2. The van der Waals surface area contributed by atoms with Crippen LogP contribution in [0.1, 0.15) is 6.42 Å². The molecule has 1 aliphatic rings. The third-order valence-electron chi connectivity index (χ3n) is 4.13. The number of carbonyl (C=O) groups excluding carboxylic acids is 1. The lowest BCUT2D eigenvalue weighted by Gasteiger charge is -2.15. The summed E-state index contributed by atoms with van der Waals surface area (Å²) in [7, 11) is 0. The molecule has 5 nitrogen and oxygen atoms in total. The van der Waals surface area contributed by atoms with Crippen molar-refractivity contribution in [3.63, 3.8) is 0 Å². The summed E-state index contributed by atoms with van der Waals surface area (Å²) in [4.78, 5) is 29.9. The number of hydrogen-bond acceptors (Lipinski definition) is 4. The van der Waals surface area contributed by atoms with E-state index >= 15 is 0 Å². The summed E-state index contributed by atoms with van der Waals surface area (Å²) >= 11 is 9.49. The Kier molecular flexibility index (Phi) is 4.94. The summed E-state index contributed by atoms with van der Waals surface area (Å²) < 4.78 is 2.53. The molecule has 1 unspecified atom stereocenters. The molecule has 1 atom stereocenters. The van der Waals surface area contributed by atoms with Crippen molar-refractivity contribution in [1.29, 1.82) is 0 Å². The van der Waals surface area contributed by atoms with E-state index < -0.39 is 0 Å². The van der Waals surface area contributed by atoms with Crippen LogP contribution in [-0.4, -0.2) is 27.3 Å². The van der Waals surface area contributed by atoms with Gasteiger partial charge in [-0.15, -0.1) is 0 Å². The van der Waals surface area contributed by atoms with Gasteiger partial charge >= 0.3 is 0 Å². The monoisotopic (exact) mass is 497 g/mol. The number of carbonyl (C=O) groups is 1. The van der Waals surface area contributed by atoms with Crippen LogP contribution in [0.25, 0.3) is 16.6 Å². The number of fused-ring (bicyclic) bond motifs is 1. The summed E-state index contributed by atoms with van der Waals surface area (Å²) in [6, 6.07) is 12.6. The van der Waals surface area contributed by atoms with Gasteiger partial charge in [-0.1, -0.05) is 23.4 Å². The Morgan fingerprint density at radius 2 is 1.96 bits per heavy atom. The van der Waals surface area contributed by atoms with Crippen LogP contribution < -0.4 is 10.9 Å². The lowest BCUT2D eigenvalue weighted by molar-refractivity contribution is -0.118. The van der Waals surface area contributed by atoms with Crippen LogP contribution in [-0.2, 0) is 4.79 Å². The van der Waals surface area contributed by atoms with Gasteiger partial charge in [-0.05, 0) is 71.5 Å². The standard InChI is InChI=1S/C18H13ClIN3O2S/c19-10-1-4-12(5-2-10)23-17(25)13-9-11(20)3-6-14(13)22-18(23)26-15-7-8-21-16(15)24/h1-6,9,15H,7-8H2,(H,21,24). The van der Waals surface area contributed by atoms with Gasteiger partial charge in [0.1, 0.15) is 0 Å². The molecule has 8 heteroatoms. The normalized spacial score (nSPS) is 16.8. The fourth-order valence-corrected chi connectivity index (χ4v) is 4.59. The van der Waals surface area contributed by atoms with E-state index in [2.05, 4.69) is 32.9 Å². The van der Waals surface area contributed by atoms with Gasteiger partial charge in [0.05, 0.1) is 21.8 Å². The summed E-state index contributed by atoms with van der Waals surface area (Å²) in [5.74, 6) is -0.0189. The molecule has 1 aliphatic heterocycles. The van der Waals surface area contributed by atoms with Gasteiger partial charge in [0.15, 0.2) is 5.16 Å². The zero-order chi connectivity index (χ0) is 18.3. The van der Waals surface area contributed by atoms with Gasteiger partial charge in [0, 0.05) is 15.1 Å². The highest BCUT2D eigenvalue weighted by molar-refractivity contribution is 14.1. The molecule has 26 heavy (non-hydrogen) atoms. The van der Waals surface area contributed by atoms with Crippen LogP contribution in [0.3, 0.4) is 0 Å². The molecule has 0 radical (unpaired) electrons. The van der Waals surface area contributed by atoms with Gasteiger partial charge in [0.25, 0.3) is 5.56 Å². The van der Waals surface area contributed by atoms with Crippen molar-refractivity contribution in [2.24, 2.45) is 0 Å². The lowest BCUT2D eigenvalue weighted by atomic mass is 10.2. The number of aromatic nitrogens is 2. The molecule has 2 aromatic carbocycles. The first kappa shape index (κ1) is 17.8. The molecule has 1 amide bonds. The minimum Gasteiger partial charge on any atom is -0.355 e. The van der Waals surface area contributed by atoms with Crippen LogP contribution >= 0.6 is 46.0 Å². The Labute approximate surface area is 172 Å². The number of benzene rings is 2. The van der Waals surface area contributed by atoms with E-state index in [-0.39, 0.29) is 16.7 Å². The second-order valence-corrected chi connectivity index (χ2v) is 8.71. The first-order valence-corrected chi connectivity index (χ1v) is 10.3. The predicted octanol–water partition coefficient (Wildman–Crippen LogP) is 3.62. The van der Waals surface area contributed by atoms with Gasteiger partial charge in [-0.2, -0.15) is 0 Å². The topological polar surface area (TPSA) is 64.0 Å². The number of amides is 1. The number of nitrogens with one attached hydrogen (secondary N) is 1. The molecule has 1 fully saturated rings. The quantitative estimate of drug-likeness (QED) is 0.443. The Balaban J connectivity index is 1.94. The van der Waals surface area contributed by atoms with E-state index in [1.54, 1.807) is 28.8 Å². The third-order valence-corrected chi connectivity index (χ3v) is 6.27. The van der Waals surface area contributed by atoms with E-state index in [1.165, 1.54) is 11.8 Å². The lowest BCUT2D eigenvalue weighted by Crippen LogP contribution is -2.25. The zero-order valence-corrected chi connectivity index (χ0v) is 17.1. The maximum absolute atomic E-state index is 13.2. The average molecular weight is 498 g/mol. The summed E-state index contributed by atoms with van der Waals surface area (Å²) in [6.07, 6.45) is 0.713. The van der Waals surface area contributed by atoms with Gasteiger partial charge in [-0.3, -0.25) is 14.2 Å². The molecule has 4 rings (SSSR count). The van der Waals surface area contributed by atoms with Crippen molar-refractivity contribution in [1.82, 2.24) is 14.9 Å². The molecule has 0 spiro atoms. The van der Waals surface area contributed by atoms with Crippen LogP contribution in [0, 0.1) is 3.57 Å². The number of rotatable bonds is 3. The second-order valence-electron chi connectivity index (χ2n) is 5.86. The smallest absolute Gasteiger partial charge is 0.266 e. The number of hydrogen-bond donors (Lipinski definition) is 1. The minimum absolute atomic E-state index is 0.0189. The van der Waals surface area contributed by atoms with Crippen LogP contribution in [0.5, 0.6) is 0 Å². The van der Waals surface area contributed by atoms with Crippen molar-refractivity contribution in [3.05, 3.63) is 61.4 Å². The maximum atomic E-state index is 13.2. The highest BCUT2D eigenvalue weighted by Crippen LogP contribution is 2.29. The van der Waals surface area contributed by atoms with Crippen LogP contribution in [0.4, 0.5) is 0 Å². The fraction of sp³-hybridized carbons (Fsp3) is 0.167. The predicted molar refractivity (Wildman–Crippen MR) is 112 cm³/mol. The SMILES string of the molecule is O=C1NCCC1Sc1nc2ccc(I)cc2c(=O)n1-c1ccc(Cl)cc1. The van der Waals surface area contributed by atoms with E-state index in [0.717, 1.165) is 3.57 Å². The van der Waals surface area contributed by atoms with E-state index in [9.17, 15) is 9.59 Å².